The Morgan fingerprint density at radius 1 is 1.19 bits per heavy atom. The fraction of sp³-hybridized carbons (Fsp3) is 0.250. The smallest absolute Gasteiger partial charge is 0.181 e. The summed E-state index contributed by atoms with van der Waals surface area (Å²) in [5, 5.41) is 0.375. The van der Waals surface area contributed by atoms with E-state index >= 15 is 0 Å². The SMILES string of the molecule is C=CCOc1c(Cl)cccc1C(=O)C(Br)C(Br)c1ccc(OC)c(OC)c1. The molecule has 0 aromatic heterocycles. The van der Waals surface area contributed by atoms with Gasteiger partial charge in [-0.2, -0.15) is 0 Å². The highest BCUT2D eigenvalue weighted by atomic mass is 79.9. The van der Waals surface area contributed by atoms with Gasteiger partial charge in [0.15, 0.2) is 17.3 Å². The number of hydrogen-bond acceptors (Lipinski definition) is 4. The van der Waals surface area contributed by atoms with Gasteiger partial charge in [0, 0.05) is 0 Å². The molecule has 0 saturated heterocycles. The third kappa shape index (κ3) is 5.06. The molecule has 0 aliphatic rings. The van der Waals surface area contributed by atoms with Gasteiger partial charge in [-0.3, -0.25) is 4.79 Å². The lowest BCUT2D eigenvalue weighted by Crippen LogP contribution is -2.20. The number of carbonyl (C=O) groups is 1. The summed E-state index contributed by atoms with van der Waals surface area (Å²) in [4.78, 5) is 12.2. The lowest BCUT2D eigenvalue weighted by atomic mass is 10.0. The molecular weight excluding hydrogens is 499 g/mol. The van der Waals surface area contributed by atoms with Crippen LogP contribution in [-0.4, -0.2) is 31.4 Å². The number of ketones is 1. The van der Waals surface area contributed by atoms with Crippen LogP contribution in [0, 0.1) is 0 Å². The van der Waals surface area contributed by atoms with E-state index in [2.05, 4.69) is 38.4 Å². The maximum Gasteiger partial charge on any atom is 0.181 e. The largest absolute Gasteiger partial charge is 0.493 e. The highest BCUT2D eigenvalue weighted by Gasteiger charge is 2.29. The molecule has 0 aliphatic carbocycles. The van der Waals surface area contributed by atoms with Crippen molar-refractivity contribution >= 4 is 49.2 Å². The second-order valence-electron chi connectivity index (χ2n) is 5.50. The Bertz CT molecular complexity index is 826. The fourth-order valence-corrected chi connectivity index (χ4v) is 3.77. The first kappa shape index (κ1) is 21.8. The predicted octanol–water partition coefficient (Wildman–Crippen LogP) is 6.00. The Morgan fingerprint density at radius 3 is 2.52 bits per heavy atom. The Balaban J connectivity index is 2.32. The van der Waals surface area contributed by atoms with Crippen LogP contribution >= 0.6 is 43.5 Å². The molecule has 0 aliphatic heterocycles. The summed E-state index contributed by atoms with van der Waals surface area (Å²) >= 11 is 13.3. The number of methoxy groups -OCH3 is 2. The highest BCUT2D eigenvalue weighted by Crippen LogP contribution is 2.39. The lowest BCUT2D eigenvalue weighted by Gasteiger charge is -2.19. The van der Waals surface area contributed by atoms with Crippen LogP contribution in [0.15, 0.2) is 49.1 Å². The van der Waals surface area contributed by atoms with Gasteiger partial charge in [0.05, 0.1) is 34.5 Å². The standard InChI is InChI=1S/C20H19Br2ClO4/c1-4-10-27-20-13(6-5-7-14(20)23)19(24)18(22)17(21)12-8-9-15(25-2)16(11-12)26-3/h4-9,11,17-18H,1,10H2,2-3H3. The maximum atomic E-state index is 13.1. The summed E-state index contributed by atoms with van der Waals surface area (Å²) in [6.07, 6.45) is 1.60. The molecule has 2 unspecified atom stereocenters. The van der Waals surface area contributed by atoms with Gasteiger partial charge in [0.1, 0.15) is 12.4 Å². The van der Waals surface area contributed by atoms with Crippen molar-refractivity contribution in [2.24, 2.45) is 0 Å². The number of para-hydroxylation sites is 1. The maximum absolute atomic E-state index is 13.1. The van der Waals surface area contributed by atoms with E-state index in [0.29, 0.717) is 27.8 Å². The van der Waals surface area contributed by atoms with E-state index < -0.39 is 4.83 Å². The van der Waals surface area contributed by atoms with Gasteiger partial charge < -0.3 is 14.2 Å². The molecule has 2 aromatic carbocycles. The molecular formula is C20H19Br2ClO4. The number of halogens is 3. The van der Waals surface area contributed by atoms with E-state index in [4.69, 9.17) is 25.8 Å². The van der Waals surface area contributed by atoms with E-state index in [-0.39, 0.29) is 17.2 Å². The van der Waals surface area contributed by atoms with Crippen LogP contribution in [0.1, 0.15) is 20.7 Å². The van der Waals surface area contributed by atoms with Gasteiger partial charge in [0.25, 0.3) is 0 Å². The van der Waals surface area contributed by atoms with Crippen LogP contribution in [0.25, 0.3) is 0 Å². The molecule has 0 saturated carbocycles. The Labute approximate surface area is 180 Å². The molecule has 0 heterocycles. The van der Waals surface area contributed by atoms with Crippen molar-refractivity contribution in [3.8, 4) is 17.2 Å². The van der Waals surface area contributed by atoms with E-state index in [9.17, 15) is 4.79 Å². The predicted molar refractivity (Wildman–Crippen MR) is 115 cm³/mol. The minimum absolute atomic E-state index is 0.159. The Morgan fingerprint density at radius 2 is 1.89 bits per heavy atom. The van der Waals surface area contributed by atoms with Crippen molar-refractivity contribution in [3.63, 3.8) is 0 Å². The van der Waals surface area contributed by atoms with Gasteiger partial charge in [-0.05, 0) is 29.8 Å². The summed E-state index contributed by atoms with van der Waals surface area (Å²) < 4.78 is 16.2. The molecule has 7 heteroatoms. The van der Waals surface area contributed by atoms with Gasteiger partial charge in [-0.25, -0.2) is 0 Å². The van der Waals surface area contributed by atoms with Crippen LogP contribution in [0.3, 0.4) is 0 Å². The average Bonchev–Trinajstić information content (AvgIpc) is 2.70. The molecule has 0 N–H and O–H groups in total. The molecule has 4 nitrogen and oxygen atoms in total. The zero-order valence-electron chi connectivity index (χ0n) is 14.9. The summed E-state index contributed by atoms with van der Waals surface area (Å²) in [5.41, 5.74) is 1.26. The van der Waals surface area contributed by atoms with Gasteiger partial charge >= 0.3 is 0 Å². The van der Waals surface area contributed by atoms with Gasteiger partial charge in [-0.1, -0.05) is 68.2 Å². The number of alkyl halides is 2. The third-order valence-corrected chi connectivity index (χ3v) is 6.82. The fourth-order valence-electron chi connectivity index (χ4n) is 2.47. The number of benzene rings is 2. The second kappa shape index (κ2) is 10.2. The monoisotopic (exact) mass is 516 g/mol. The number of rotatable bonds is 9. The molecule has 2 rings (SSSR count). The van der Waals surface area contributed by atoms with Crippen LogP contribution in [-0.2, 0) is 0 Å². The second-order valence-corrected chi connectivity index (χ2v) is 7.88. The molecule has 0 bridgehead atoms. The van der Waals surface area contributed by atoms with Crippen molar-refractivity contribution in [2.45, 2.75) is 9.65 Å². The van der Waals surface area contributed by atoms with E-state index in [1.165, 1.54) is 0 Å². The topological polar surface area (TPSA) is 44.8 Å². The van der Waals surface area contributed by atoms with Crippen molar-refractivity contribution in [1.29, 1.82) is 0 Å². The van der Waals surface area contributed by atoms with Gasteiger partial charge in [0.2, 0.25) is 0 Å². The first-order chi connectivity index (χ1) is 12.9. The Hall–Kier alpha value is -1.50. The molecule has 2 aromatic rings. The summed E-state index contributed by atoms with van der Waals surface area (Å²) in [5.74, 6) is 1.39. The summed E-state index contributed by atoms with van der Waals surface area (Å²) in [6, 6.07) is 10.6. The first-order valence-corrected chi connectivity index (χ1v) is 10.2. The number of Topliss-reactive ketones (excluding diaryl/α,β-unsaturated/α-hetero) is 1. The summed E-state index contributed by atoms with van der Waals surface area (Å²) in [7, 11) is 3.14. The van der Waals surface area contributed by atoms with E-state index in [0.717, 1.165) is 5.56 Å². The molecule has 0 spiro atoms. The zero-order chi connectivity index (χ0) is 20.0. The summed E-state index contributed by atoms with van der Waals surface area (Å²) in [6.45, 7) is 3.88. The van der Waals surface area contributed by atoms with Crippen molar-refractivity contribution in [1.82, 2.24) is 0 Å². The number of ether oxygens (including phenoxy) is 3. The minimum atomic E-state index is -0.555. The molecule has 0 amide bonds. The molecule has 0 radical (unpaired) electrons. The molecule has 27 heavy (non-hydrogen) atoms. The van der Waals surface area contributed by atoms with Crippen LogP contribution in [0.4, 0.5) is 0 Å². The first-order valence-electron chi connectivity index (χ1n) is 8.01. The highest BCUT2D eigenvalue weighted by molar-refractivity contribution is 9.12. The van der Waals surface area contributed by atoms with Crippen LogP contribution < -0.4 is 14.2 Å². The molecule has 144 valence electrons. The third-order valence-electron chi connectivity index (χ3n) is 3.81. The van der Waals surface area contributed by atoms with Crippen LogP contribution in [0.5, 0.6) is 17.2 Å². The normalized spacial score (nSPS) is 12.8. The van der Waals surface area contributed by atoms with Gasteiger partial charge in [-0.15, -0.1) is 0 Å². The number of carbonyl (C=O) groups excluding carboxylic acids is 1. The minimum Gasteiger partial charge on any atom is -0.493 e. The van der Waals surface area contributed by atoms with E-state index in [1.54, 1.807) is 44.6 Å². The van der Waals surface area contributed by atoms with E-state index in [1.807, 2.05) is 12.1 Å². The van der Waals surface area contributed by atoms with Crippen molar-refractivity contribution in [2.75, 3.05) is 20.8 Å². The number of hydrogen-bond donors (Lipinski definition) is 0. The van der Waals surface area contributed by atoms with Crippen molar-refractivity contribution < 1.29 is 19.0 Å². The zero-order valence-corrected chi connectivity index (χ0v) is 18.8. The quantitative estimate of drug-likeness (QED) is 0.232. The lowest BCUT2D eigenvalue weighted by molar-refractivity contribution is 0.0987. The molecule has 0 fully saturated rings. The molecule has 2 atom stereocenters. The Kier molecular flexibility index (Phi) is 8.20. The average molecular weight is 519 g/mol. The van der Waals surface area contributed by atoms with Crippen LogP contribution in [0.2, 0.25) is 5.02 Å². The van der Waals surface area contributed by atoms with Crippen molar-refractivity contribution in [3.05, 3.63) is 65.2 Å².